The van der Waals surface area contributed by atoms with Gasteiger partial charge in [0.15, 0.2) is 0 Å². The summed E-state index contributed by atoms with van der Waals surface area (Å²) in [5, 5.41) is 2.89. The van der Waals surface area contributed by atoms with Crippen LogP contribution in [0.25, 0.3) is 21.5 Å². The van der Waals surface area contributed by atoms with Crippen molar-refractivity contribution >= 4 is 79.5 Å². The zero-order valence-corrected chi connectivity index (χ0v) is 28.2. The molecule has 4 aromatic carbocycles. The maximum atomic E-state index is 11.4. The van der Waals surface area contributed by atoms with Gasteiger partial charge in [-0.2, -0.15) is 0 Å². The molecule has 0 amide bonds. The second-order valence-corrected chi connectivity index (χ2v) is 12.8. The van der Waals surface area contributed by atoms with Crippen molar-refractivity contribution in [3.05, 3.63) is 82.9 Å². The van der Waals surface area contributed by atoms with Crippen LogP contribution in [-0.2, 0) is 45.9 Å². The van der Waals surface area contributed by atoms with Crippen LogP contribution in [0.1, 0.15) is 75.6 Å². The second-order valence-electron chi connectivity index (χ2n) is 10.1. The molecule has 4 rings (SSSR count). The summed E-state index contributed by atoms with van der Waals surface area (Å²) in [5.41, 5.74) is 4.33. The smallest absolute Gasteiger partial charge is 0.744 e. The third-order valence-electron chi connectivity index (χ3n) is 6.92. The molecule has 41 heavy (non-hydrogen) atoms. The first kappa shape index (κ1) is 35.7. The first-order valence-corrected chi connectivity index (χ1v) is 16.8. The molecule has 0 radical (unpaired) electrons. The molecule has 0 aromatic heterocycles. The molecule has 0 saturated carbocycles. The Labute approximate surface area is 275 Å². The van der Waals surface area contributed by atoms with Crippen molar-refractivity contribution < 1.29 is 25.9 Å². The van der Waals surface area contributed by atoms with Gasteiger partial charge >= 0.3 is 37.7 Å². The number of fused-ring (bicyclic) bond motifs is 2. The molecule has 216 valence electrons. The van der Waals surface area contributed by atoms with E-state index in [1.165, 1.54) is 12.1 Å². The van der Waals surface area contributed by atoms with E-state index >= 15 is 0 Å². The summed E-state index contributed by atoms with van der Waals surface area (Å²) < 4.78 is 68.6. The summed E-state index contributed by atoms with van der Waals surface area (Å²) in [4.78, 5) is -0.212. The minimum atomic E-state index is -4.44. The summed E-state index contributed by atoms with van der Waals surface area (Å²) in [6, 6.07) is 18.0. The van der Waals surface area contributed by atoms with Crippen molar-refractivity contribution in [1.29, 1.82) is 0 Å². The van der Waals surface area contributed by atoms with Gasteiger partial charge in [0, 0.05) is 0 Å². The number of aryl methyl sites for hydroxylation is 4. The Morgan fingerprint density at radius 1 is 0.488 bits per heavy atom. The summed E-state index contributed by atoms with van der Waals surface area (Å²) in [5.74, 6) is 0. The van der Waals surface area contributed by atoms with Gasteiger partial charge in [-0.1, -0.05) is 89.8 Å². The summed E-state index contributed by atoms with van der Waals surface area (Å²) >= 11 is 0. The van der Waals surface area contributed by atoms with Gasteiger partial charge in [0.25, 0.3) is 0 Å². The molecule has 0 heterocycles. The van der Waals surface area contributed by atoms with Gasteiger partial charge in [-0.3, -0.25) is 0 Å². The van der Waals surface area contributed by atoms with Crippen LogP contribution in [0.4, 0.5) is 0 Å². The van der Waals surface area contributed by atoms with Gasteiger partial charge in [0.05, 0.1) is 9.79 Å². The molecular formula is C32H38CaO6S2. The van der Waals surface area contributed by atoms with E-state index in [0.717, 1.165) is 84.4 Å². The van der Waals surface area contributed by atoms with Crippen LogP contribution >= 0.6 is 0 Å². The van der Waals surface area contributed by atoms with Crippen molar-refractivity contribution in [2.45, 2.75) is 88.9 Å². The molecule has 0 fully saturated rings. The van der Waals surface area contributed by atoms with Crippen LogP contribution in [0.5, 0.6) is 0 Å². The van der Waals surface area contributed by atoms with Crippen molar-refractivity contribution in [1.82, 2.24) is 0 Å². The first-order valence-electron chi connectivity index (χ1n) is 13.9. The molecule has 0 bridgehead atoms. The molecule has 0 saturated heterocycles. The monoisotopic (exact) mass is 622 g/mol. The Kier molecular flexibility index (Phi) is 13.8. The fraction of sp³-hybridized carbons (Fsp3) is 0.375. The van der Waals surface area contributed by atoms with Crippen molar-refractivity contribution in [3.63, 3.8) is 0 Å². The second kappa shape index (κ2) is 15.8. The topological polar surface area (TPSA) is 114 Å². The predicted octanol–water partition coefficient (Wildman–Crippen LogP) is 6.92. The van der Waals surface area contributed by atoms with Gasteiger partial charge in [0.1, 0.15) is 20.2 Å². The number of benzene rings is 4. The van der Waals surface area contributed by atoms with Crippen LogP contribution in [0, 0.1) is 0 Å². The Bertz CT molecular complexity index is 1570. The van der Waals surface area contributed by atoms with E-state index in [1.807, 2.05) is 36.4 Å². The third-order valence-corrected chi connectivity index (χ3v) is 8.71. The largest absolute Gasteiger partial charge is 2.00 e. The zero-order chi connectivity index (χ0) is 29.5. The molecule has 0 aliphatic heterocycles. The van der Waals surface area contributed by atoms with E-state index < -0.39 is 20.2 Å². The minimum absolute atomic E-state index is 0. The molecule has 0 N–H and O–H groups in total. The number of hydrogen-bond acceptors (Lipinski definition) is 6. The fourth-order valence-electron chi connectivity index (χ4n) is 5.16. The SMILES string of the molecule is CCCc1ccc2c(CCC)ccc(S(=O)(=O)[O-])c2c1.CCCc1ccc2c(CCC)ccc(S(=O)(=O)[O-])c2c1.[Ca+2]. The number of hydrogen-bond donors (Lipinski definition) is 0. The van der Waals surface area contributed by atoms with Crippen LogP contribution in [0.3, 0.4) is 0 Å². The molecular weight excluding hydrogens is 585 g/mol. The summed E-state index contributed by atoms with van der Waals surface area (Å²) in [7, 11) is -8.89. The molecule has 0 aliphatic rings. The fourth-order valence-corrected chi connectivity index (χ4v) is 6.51. The minimum Gasteiger partial charge on any atom is -0.744 e. The van der Waals surface area contributed by atoms with Crippen molar-refractivity contribution in [2.24, 2.45) is 0 Å². The van der Waals surface area contributed by atoms with Gasteiger partial charge in [-0.25, -0.2) is 16.8 Å². The van der Waals surface area contributed by atoms with E-state index in [0.29, 0.717) is 10.8 Å². The molecule has 6 nitrogen and oxygen atoms in total. The van der Waals surface area contributed by atoms with E-state index in [-0.39, 0.29) is 47.5 Å². The molecule has 0 atom stereocenters. The third kappa shape index (κ3) is 9.23. The average molecular weight is 623 g/mol. The molecule has 0 unspecified atom stereocenters. The predicted molar refractivity (Wildman–Crippen MR) is 166 cm³/mol. The first-order chi connectivity index (χ1) is 18.9. The van der Waals surface area contributed by atoms with Crippen molar-refractivity contribution in [2.75, 3.05) is 0 Å². The van der Waals surface area contributed by atoms with E-state index in [1.54, 1.807) is 12.1 Å². The average Bonchev–Trinajstić information content (AvgIpc) is 2.88. The molecule has 0 aliphatic carbocycles. The van der Waals surface area contributed by atoms with E-state index in [9.17, 15) is 25.9 Å². The standard InChI is InChI=1S/2C16H20O3S.Ca/c2*1-3-5-12-7-9-14-13(6-4-2)8-10-16(15(14)11-12)20(17,18)19;/h2*7-11H,3-6H2,1-2H3,(H,17,18,19);/q;;+2/p-2. The maximum Gasteiger partial charge on any atom is 2.00 e. The number of rotatable bonds is 10. The van der Waals surface area contributed by atoms with Gasteiger partial charge < -0.3 is 9.11 Å². The zero-order valence-electron chi connectivity index (χ0n) is 24.4. The Hall–Kier alpha value is -1.52. The van der Waals surface area contributed by atoms with E-state index in [4.69, 9.17) is 0 Å². The quantitative estimate of drug-likeness (QED) is 0.140. The van der Waals surface area contributed by atoms with Gasteiger partial charge in [0.2, 0.25) is 0 Å². The van der Waals surface area contributed by atoms with Gasteiger partial charge in [-0.05, 0) is 93.7 Å². The van der Waals surface area contributed by atoms with Crippen LogP contribution in [0.2, 0.25) is 0 Å². The molecule has 0 spiro atoms. The Morgan fingerprint density at radius 2 is 0.829 bits per heavy atom. The van der Waals surface area contributed by atoms with Crippen molar-refractivity contribution in [3.8, 4) is 0 Å². The van der Waals surface area contributed by atoms with Crippen LogP contribution < -0.4 is 0 Å². The van der Waals surface area contributed by atoms with E-state index in [2.05, 4.69) is 27.7 Å². The Morgan fingerprint density at radius 3 is 1.12 bits per heavy atom. The molecule has 9 heteroatoms. The van der Waals surface area contributed by atoms with Crippen LogP contribution in [-0.4, -0.2) is 63.7 Å². The molecule has 4 aromatic rings. The van der Waals surface area contributed by atoms with Gasteiger partial charge in [-0.15, -0.1) is 0 Å². The Balaban J connectivity index is 0.000000280. The van der Waals surface area contributed by atoms with Crippen LogP contribution in [0.15, 0.2) is 70.5 Å². The normalized spacial score (nSPS) is 11.7. The summed E-state index contributed by atoms with van der Waals surface area (Å²) in [6.45, 7) is 8.30. The maximum absolute atomic E-state index is 11.4. The summed E-state index contributed by atoms with van der Waals surface area (Å²) in [6.07, 6.45) is 7.45.